The van der Waals surface area contributed by atoms with E-state index in [4.69, 9.17) is 33.3 Å². The van der Waals surface area contributed by atoms with Gasteiger partial charge in [0.25, 0.3) is 11.8 Å². The number of nitrogens with zero attached hydrogens (tertiary/aromatic N) is 1. The third kappa shape index (κ3) is 3.85. The molecule has 0 atom stereocenters. The molecule has 3 rings (SSSR count). The van der Waals surface area contributed by atoms with Crippen LogP contribution in [-0.4, -0.2) is 31.1 Å². The molecule has 1 aliphatic rings. The summed E-state index contributed by atoms with van der Waals surface area (Å²) in [4.78, 5) is 26.7. The molecule has 0 aromatic heterocycles. The summed E-state index contributed by atoms with van der Waals surface area (Å²) in [5, 5.41) is 2.85. The average molecular weight is 529 g/mol. The van der Waals surface area contributed by atoms with E-state index in [1.807, 2.05) is 0 Å². The number of nitrogens with one attached hydrogen (secondary N) is 1. The summed E-state index contributed by atoms with van der Waals surface area (Å²) >= 11 is 13.5. The van der Waals surface area contributed by atoms with Crippen molar-refractivity contribution in [1.82, 2.24) is 5.32 Å². The van der Waals surface area contributed by atoms with Gasteiger partial charge in [0.1, 0.15) is 5.57 Å². The van der Waals surface area contributed by atoms with Crippen molar-refractivity contribution in [3.8, 4) is 11.5 Å². The molecule has 1 saturated heterocycles. The van der Waals surface area contributed by atoms with Gasteiger partial charge in [0.05, 0.1) is 28.5 Å². The van der Waals surface area contributed by atoms with Gasteiger partial charge in [0, 0.05) is 0 Å². The number of amides is 2. The fourth-order valence-electron chi connectivity index (χ4n) is 2.70. The number of methoxy groups -OCH3 is 2. The second kappa shape index (κ2) is 8.46. The topological polar surface area (TPSA) is 67.9 Å². The summed E-state index contributed by atoms with van der Waals surface area (Å²) in [5.74, 6) is -0.0818. The number of hydrogen-bond acceptors (Lipinski definition) is 5. The van der Waals surface area contributed by atoms with Crippen molar-refractivity contribution in [1.29, 1.82) is 0 Å². The van der Waals surface area contributed by atoms with Gasteiger partial charge in [-0.3, -0.25) is 19.8 Å². The summed E-state index contributed by atoms with van der Waals surface area (Å²) in [7, 11) is 3.06. The smallest absolute Gasteiger partial charge is 0.270 e. The van der Waals surface area contributed by atoms with Crippen molar-refractivity contribution in [3.05, 3.63) is 56.1 Å². The molecule has 1 aliphatic heterocycles. The van der Waals surface area contributed by atoms with Gasteiger partial charge >= 0.3 is 0 Å². The van der Waals surface area contributed by atoms with Gasteiger partial charge in [-0.1, -0.05) is 23.7 Å². The molecule has 2 amide bonds. The van der Waals surface area contributed by atoms with Crippen molar-refractivity contribution in [2.75, 3.05) is 19.1 Å². The van der Waals surface area contributed by atoms with Crippen LogP contribution < -0.4 is 19.7 Å². The van der Waals surface area contributed by atoms with Gasteiger partial charge in [0.15, 0.2) is 16.6 Å². The number of benzene rings is 2. The van der Waals surface area contributed by atoms with E-state index in [1.54, 1.807) is 43.5 Å². The van der Waals surface area contributed by atoms with Crippen molar-refractivity contribution in [3.63, 3.8) is 0 Å². The van der Waals surface area contributed by atoms with Gasteiger partial charge in [-0.15, -0.1) is 0 Å². The van der Waals surface area contributed by atoms with Crippen LogP contribution in [0.1, 0.15) is 5.56 Å². The molecule has 0 unspecified atom stereocenters. The zero-order valence-electron chi connectivity index (χ0n) is 14.8. The predicted molar refractivity (Wildman–Crippen MR) is 120 cm³/mol. The third-order valence-electron chi connectivity index (χ3n) is 3.96. The minimum atomic E-state index is -0.580. The highest BCUT2D eigenvalue weighted by Crippen LogP contribution is 2.35. The Bertz CT molecular complexity index is 1020. The first-order valence-electron chi connectivity index (χ1n) is 7.95. The molecular weight excluding hydrogens is 515 g/mol. The molecule has 0 bridgehead atoms. The molecule has 2 aromatic rings. The zero-order chi connectivity index (χ0) is 20.4. The molecule has 1 heterocycles. The van der Waals surface area contributed by atoms with E-state index in [-0.39, 0.29) is 10.7 Å². The van der Waals surface area contributed by atoms with E-state index < -0.39 is 11.8 Å². The van der Waals surface area contributed by atoms with Crippen molar-refractivity contribution >= 4 is 75.1 Å². The molecule has 0 saturated carbocycles. The highest BCUT2D eigenvalue weighted by atomic mass is 127. The summed E-state index contributed by atoms with van der Waals surface area (Å²) < 4.78 is 11.4. The first-order valence-corrected chi connectivity index (χ1v) is 9.81. The normalized spacial score (nSPS) is 15.6. The van der Waals surface area contributed by atoms with E-state index in [0.717, 1.165) is 3.57 Å². The Balaban J connectivity index is 2.07. The number of hydrogen-bond donors (Lipinski definition) is 1. The lowest BCUT2D eigenvalue weighted by molar-refractivity contribution is -0.122. The van der Waals surface area contributed by atoms with Crippen molar-refractivity contribution < 1.29 is 19.1 Å². The third-order valence-corrected chi connectivity index (χ3v) is 5.37. The standard InChI is InChI=1S/C19H14ClIN2O4S/c1-26-15-9-10(8-13(21)16(15)27-2)7-11-17(24)22-19(28)23(18(11)25)14-6-4-3-5-12(14)20/h3-9H,1-2H3,(H,22,24,28)/b11-7+. The number of thiocarbonyl (C=S) groups is 1. The first-order chi connectivity index (χ1) is 13.4. The van der Waals surface area contributed by atoms with E-state index in [0.29, 0.717) is 27.8 Å². The lowest BCUT2D eigenvalue weighted by Crippen LogP contribution is -2.54. The minimum Gasteiger partial charge on any atom is -0.493 e. The van der Waals surface area contributed by atoms with Gasteiger partial charge < -0.3 is 9.47 Å². The number of carbonyl (C=O) groups is 2. The molecule has 9 heteroatoms. The molecule has 0 spiro atoms. The van der Waals surface area contributed by atoms with Gasteiger partial charge in [0.2, 0.25) is 0 Å². The highest BCUT2D eigenvalue weighted by molar-refractivity contribution is 14.1. The maximum atomic E-state index is 13.1. The monoisotopic (exact) mass is 528 g/mol. The number of rotatable bonds is 4. The fraction of sp³-hybridized carbons (Fsp3) is 0.105. The first kappa shape index (κ1) is 20.6. The number of anilines is 1. The molecule has 1 fully saturated rings. The number of para-hydroxylation sites is 1. The fourth-order valence-corrected chi connectivity index (χ4v) is 4.04. The number of ether oxygens (including phenoxy) is 2. The van der Waals surface area contributed by atoms with Gasteiger partial charge in [-0.25, -0.2) is 0 Å². The number of carbonyl (C=O) groups excluding carboxylic acids is 2. The Hall–Kier alpha value is -2.17. The molecule has 0 aliphatic carbocycles. The SMILES string of the molecule is COc1cc(/C=C2\C(=O)NC(=S)N(c3ccccc3Cl)C2=O)cc(I)c1OC. The van der Waals surface area contributed by atoms with Crippen LogP contribution in [0.5, 0.6) is 11.5 Å². The minimum absolute atomic E-state index is 0.0258. The Morgan fingerprint density at radius 2 is 1.89 bits per heavy atom. The predicted octanol–water partition coefficient (Wildman–Crippen LogP) is 3.79. The average Bonchev–Trinajstić information content (AvgIpc) is 2.66. The quantitative estimate of drug-likeness (QED) is 0.283. The summed E-state index contributed by atoms with van der Waals surface area (Å²) in [5.41, 5.74) is 0.927. The van der Waals surface area contributed by atoms with Crippen molar-refractivity contribution in [2.45, 2.75) is 0 Å². The Labute approximate surface area is 185 Å². The molecule has 6 nitrogen and oxygen atoms in total. The van der Waals surface area contributed by atoms with Gasteiger partial charge in [-0.2, -0.15) is 0 Å². The molecule has 144 valence electrons. The highest BCUT2D eigenvalue weighted by Gasteiger charge is 2.35. The molecule has 2 aromatic carbocycles. The van der Waals surface area contributed by atoms with Crippen LogP contribution in [-0.2, 0) is 9.59 Å². The van der Waals surface area contributed by atoms with Crippen LogP contribution in [0.2, 0.25) is 5.02 Å². The van der Waals surface area contributed by atoms with E-state index in [2.05, 4.69) is 27.9 Å². The Morgan fingerprint density at radius 1 is 1.18 bits per heavy atom. The van der Waals surface area contributed by atoms with Crippen molar-refractivity contribution in [2.24, 2.45) is 0 Å². The van der Waals surface area contributed by atoms with Crippen LogP contribution in [0, 0.1) is 3.57 Å². The Kier molecular flexibility index (Phi) is 6.21. The molecule has 0 radical (unpaired) electrons. The van der Waals surface area contributed by atoms with Crippen LogP contribution in [0.25, 0.3) is 6.08 Å². The van der Waals surface area contributed by atoms with Crippen LogP contribution in [0.4, 0.5) is 5.69 Å². The second-order valence-electron chi connectivity index (χ2n) is 5.65. The second-order valence-corrected chi connectivity index (χ2v) is 7.60. The van der Waals surface area contributed by atoms with Gasteiger partial charge in [-0.05, 0) is 70.7 Å². The summed E-state index contributed by atoms with van der Waals surface area (Å²) in [6, 6.07) is 10.2. The van der Waals surface area contributed by atoms with E-state index >= 15 is 0 Å². The molecular formula is C19H14ClIN2O4S. The van der Waals surface area contributed by atoms with Crippen LogP contribution in [0.15, 0.2) is 42.0 Å². The van der Waals surface area contributed by atoms with Crippen LogP contribution >= 0.6 is 46.4 Å². The maximum absolute atomic E-state index is 13.1. The largest absolute Gasteiger partial charge is 0.493 e. The van der Waals surface area contributed by atoms with Crippen LogP contribution in [0.3, 0.4) is 0 Å². The summed E-state index contributed by atoms with van der Waals surface area (Å²) in [6.45, 7) is 0. The van der Waals surface area contributed by atoms with E-state index in [1.165, 1.54) is 18.1 Å². The molecule has 28 heavy (non-hydrogen) atoms. The summed E-state index contributed by atoms with van der Waals surface area (Å²) in [6.07, 6.45) is 1.48. The zero-order valence-corrected chi connectivity index (χ0v) is 18.5. The lowest BCUT2D eigenvalue weighted by atomic mass is 10.1. The maximum Gasteiger partial charge on any atom is 0.270 e. The molecule has 1 N–H and O–H groups in total. The number of halogens is 2. The Morgan fingerprint density at radius 3 is 2.54 bits per heavy atom. The van der Waals surface area contributed by atoms with E-state index in [9.17, 15) is 9.59 Å². The lowest BCUT2D eigenvalue weighted by Gasteiger charge is -2.29.